The number of carbonyl (C=O) groups excluding carboxylic acids is 2. The molecule has 10 heteroatoms. The average Bonchev–Trinajstić information content (AvgIpc) is 3.41. The fraction of sp³-hybridized carbons (Fsp3) is 0.0833. The van der Waals surface area contributed by atoms with E-state index in [1.807, 2.05) is 0 Å². The van der Waals surface area contributed by atoms with Gasteiger partial charge in [-0.25, -0.2) is 4.90 Å². The number of amides is 2. The molecule has 2 amide bonds. The highest BCUT2D eigenvalue weighted by atomic mass is 16.7. The van der Waals surface area contributed by atoms with Crippen LogP contribution in [-0.4, -0.2) is 30.6 Å². The summed E-state index contributed by atoms with van der Waals surface area (Å²) in [5, 5.41) is 14.1. The number of benzene rings is 3. The Labute approximate surface area is 193 Å². The lowest BCUT2D eigenvalue weighted by Gasteiger charge is -2.16. The van der Waals surface area contributed by atoms with Crippen molar-refractivity contribution in [3.63, 3.8) is 0 Å². The summed E-state index contributed by atoms with van der Waals surface area (Å²) in [4.78, 5) is 38.6. The molecule has 0 bridgehead atoms. The SMILES string of the molecule is COc1cccc(N2C(=O)C(Nc3ccc4c(c3)OCO4)=C(c3ccc([N+](=O)[O-])cc3)C2=O)c1. The van der Waals surface area contributed by atoms with Crippen molar-refractivity contribution in [1.29, 1.82) is 0 Å². The second kappa shape index (κ2) is 8.24. The van der Waals surface area contributed by atoms with Crippen LogP contribution < -0.4 is 24.4 Å². The van der Waals surface area contributed by atoms with Gasteiger partial charge in [-0.2, -0.15) is 0 Å². The molecule has 5 rings (SSSR count). The molecule has 0 aromatic heterocycles. The Morgan fingerprint density at radius 3 is 2.47 bits per heavy atom. The molecule has 0 radical (unpaired) electrons. The number of hydrogen-bond acceptors (Lipinski definition) is 8. The summed E-state index contributed by atoms with van der Waals surface area (Å²) >= 11 is 0. The van der Waals surface area contributed by atoms with E-state index < -0.39 is 16.7 Å². The first-order valence-corrected chi connectivity index (χ1v) is 10.1. The number of carbonyl (C=O) groups is 2. The maximum absolute atomic E-state index is 13.5. The number of nitrogens with zero attached hydrogens (tertiary/aromatic N) is 2. The van der Waals surface area contributed by atoms with E-state index in [9.17, 15) is 19.7 Å². The molecule has 2 aliphatic rings. The van der Waals surface area contributed by atoms with Crippen molar-refractivity contribution in [3.8, 4) is 17.2 Å². The maximum atomic E-state index is 13.5. The highest BCUT2D eigenvalue weighted by Gasteiger charge is 2.40. The first kappa shape index (κ1) is 21.0. The van der Waals surface area contributed by atoms with E-state index in [1.165, 1.54) is 31.4 Å². The summed E-state index contributed by atoms with van der Waals surface area (Å²) in [7, 11) is 1.49. The number of methoxy groups -OCH3 is 1. The second-order valence-electron chi connectivity index (χ2n) is 7.39. The van der Waals surface area contributed by atoms with Gasteiger partial charge in [0, 0.05) is 30.0 Å². The normalized spacial score (nSPS) is 14.6. The van der Waals surface area contributed by atoms with Crippen LogP contribution in [0.2, 0.25) is 0 Å². The quantitative estimate of drug-likeness (QED) is 0.336. The molecule has 0 saturated heterocycles. The lowest BCUT2D eigenvalue weighted by atomic mass is 10.0. The standard InChI is InChI=1S/C24H17N3O7/c1-32-18-4-2-3-17(12-18)26-23(28)21(14-5-8-16(9-6-14)27(30)31)22(24(26)29)25-15-7-10-19-20(11-15)34-13-33-19/h2-12,25H,13H2,1H3. The Bertz CT molecular complexity index is 1370. The van der Waals surface area contributed by atoms with Crippen LogP contribution in [0, 0.1) is 10.1 Å². The number of anilines is 2. The molecule has 3 aromatic rings. The van der Waals surface area contributed by atoms with Crippen molar-refractivity contribution in [1.82, 2.24) is 0 Å². The predicted molar refractivity (Wildman–Crippen MR) is 122 cm³/mol. The molecule has 1 N–H and O–H groups in total. The predicted octanol–water partition coefficient (Wildman–Crippen LogP) is 3.73. The number of non-ortho nitro benzene ring substituents is 1. The highest BCUT2D eigenvalue weighted by molar-refractivity contribution is 6.46. The molecule has 0 fully saturated rings. The Balaban J connectivity index is 1.59. The van der Waals surface area contributed by atoms with Gasteiger partial charge in [0.15, 0.2) is 11.5 Å². The Kier molecular flexibility index (Phi) is 5.09. The zero-order valence-electron chi connectivity index (χ0n) is 17.8. The van der Waals surface area contributed by atoms with Crippen LogP contribution in [0.1, 0.15) is 5.56 Å². The average molecular weight is 459 g/mol. The monoisotopic (exact) mass is 459 g/mol. The highest BCUT2D eigenvalue weighted by Crippen LogP contribution is 2.38. The van der Waals surface area contributed by atoms with Crippen LogP contribution in [0.15, 0.2) is 72.4 Å². The number of fused-ring (bicyclic) bond motifs is 1. The first-order chi connectivity index (χ1) is 16.5. The number of hydrogen-bond donors (Lipinski definition) is 1. The molecule has 0 saturated carbocycles. The van der Waals surface area contributed by atoms with Crippen molar-refractivity contribution in [2.75, 3.05) is 24.1 Å². The van der Waals surface area contributed by atoms with E-state index in [4.69, 9.17) is 14.2 Å². The molecule has 2 aliphatic heterocycles. The van der Waals surface area contributed by atoms with Gasteiger partial charge in [0.2, 0.25) is 6.79 Å². The summed E-state index contributed by atoms with van der Waals surface area (Å²) in [6, 6.07) is 17.1. The minimum Gasteiger partial charge on any atom is -0.497 e. The molecule has 2 heterocycles. The maximum Gasteiger partial charge on any atom is 0.282 e. The van der Waals surface area contributed by atoms with E-state index in [0.717, 1.165) is 4.90 Å². The lowest BCUT2D eigenvalue weighted by Crippen LogP contribution is -2.32. The number of nitro groups is 1. The fourth-order valence-electron chi connectivity index (χ4n) is 3.77. The molecule has 3 aromatic carbocycles. The van der Waals surface area contributed by atoms with Gasteiger partial charge in [0.1, 0.15) is 11.4 Å². The van der Waals surface area contributed by atoms with E-state index in [2.05, 4.69) is 5.32 Å². The number of nitrogens with one attached hydrogen (secondary N) is 1. The molecule has 0 aliphatic carbocycles. The molecule has 0 atom stereocenters. The van der Waals surface area contributed by atoms with Crippen LogP contribution in [0.4, 0.5) is 17.1 Å². The first-order valence-electron chi connectivity index (χ1n) is 10.1. The fourth-order valence-corrected chi connectivity index (χ4v) is 3.77. The molecule has 0 unspecified atom stereocenters. The zero-order valence-corrected chi connectivity index (χ0v) is 17.8. The van der Waals surface area contributed by atoms with Crippen molar-refractivity contribution < 1.29 is 28.7 Å². The number of nitro benzene ring substituents is 1. The molecular weight excluding hydrogens is 442 g/mol. The van der Waals surface area contributed by atoms with Gasteiger partial charge in [-0.3, -0.25) is 19.7 Å². The zero-order chi connectivity index (χ0) is 23.8. The summed E-state index contributed by atoms with van der Waals surface area (Å²) in [5.74, 6) is 0.401. The summed E-state index contributed by atoms with van der Waals surface area (Å²) in [6.07, 6.45) is 0. The van der Waals surface area contributed by atoms with Crippen molar-refractivity contribution >= 4 is 34.4 Å². The van der Waals surface area contributed by atoms with Crippen LogP contribution in [0.5, 0.6) is 17.2 Å². The van der Waals surface area contributed by atoms with E-state index in [0.29, 0.717) is 34.2 Å². The van der Waals surface area contributed by atoms with E-state index in [-0.39, 0.29) is 23.8 Å². The minimum absolute atomic E-state index is 0.0283. The minimum atomic E-state index is -0.579. The van der Waals surface area contributed by atoms with Crippen molar-refractivity contribution in [2.45, 2.75) is 0 Å². The topological polar surface area (TPSA) is 120 Å². The molecule has 0 spiro atoms. The van der Waals surface area contributed by atoms with Gasteiger partial charge in [-0.15, -0.1) is 0 Å². The molecule has 170 valence electrons. The molecule has 10 nitrogen and oxygen atoms in total. The number of rotatable bonds is 6. The summed E-state index contributed by atoms with van der Waals surface area (Å²) < 4.78 is 15.9. The van der Waals surface area contributed by atoms with Gasteiger partial charge in [-0.1, -0.05) is 6.07 Å². The van der Waals surface area contributed by atoms with Crippen LogP contribution in [0.3, 0.4) is 0 Å². The van der Waals surface area contributed by atoms with E-state index in [1.54, 1.807) is 42.5 Å². The van der Waals surface area contributed by atoms with Crippen molar-refractivity contribution in [2.24, 2.45) is 0 Å². The van der Waals surface area contributed by atoms with Crippen LogP contribution in [-0.2, 0) is 9.59 Å². The van der Waals surface area contributed by atoms with Crippen LogP contribution in [0.25, 0.3) is 5.57 Å². The third-order valence-corrected chi connectivity index (χ3v) is 5.40. The van der Waals surface area contributed by atoms with Gasteiger partial charge in [0.05, 0.1) is 23.3 Å². The third kappa shape index (κ3) is 3.56. The molecular formula is C24H17N3O7. The lowest BCUT2D eigenvalue weighted by molar-refractivity contribution is -0.384. The largest absolute Gasteiger partial charge is 0.497 e. The summed E-state index contributed by atoms with van der Waals surface area (Å²) in [6.45, 7) is 0.0938. The number of ether oxygens (including phenoxy) is 3. The smallest absolute Gasteiger partial charge is 0.282 e. The third-order valence-electron chi connectivity index (χ3n) is 5.40. The van der Waals surface area contributed by atoms with Gasteiger partial charge >= 0.3 is 0 Å². The van der Waals surface area contributed by atoms with Crippen molar-refractivity contribution in [3.05, 3.63) is 88.1 Å². The Morgan fingerprint density at radius 2 is 1.74 bits per heavy atom. The van der Waals surface area contributed by atoms with Gasteiger partial charge in [-0.05, 0) is 42.0 Å². The number of imide groups is 1. The van der Waals surface area contributed by atoms with Crippen LogP contribution >= 0.6 is 0 Å². The van der Waals surface area contributed by atoms with Gasteiger partial charge in [0.25, 0.3) is 17.5 Å². The Hall–Kier alpha value is -4.86. The van der Waals surface area contributed by atoms with E-state index >= 15 is 0 Å². The second-order valence-corrected chi connectivity index (χ2v) is 7.39. The van der Waals surface area contributed by atoms with Gasteiger partial charge < -0.3 is 19.5 Å². The molecule has 34 heavy (non-hydrogen) atoms. The summed E-state index contributed by atoms with van der Waals surface area (Å²) in [5.41, 5.74) is 1.18. The Morgan fingerprint density at radius 1 is 0.971 bits per heavy atom.